The van der Waals surface area contributed by atoms with E-state index < -0.39 is 5.97 Å². The smallest absolute Gasteiger partial charge is 0.330 e. The van der Waals surface area contributed by atoms with Gasteiger partial charge in [0.05, 0.1) is 26.0 Å². The molecule has 1 saturated carbocycles. The van der Waals surface area contributed by atoms with Crippen molar-refractivity contribution < 1.29 is 14.3 Å². The number of benzene rings is 1. The SMILES string of the molecule is COC(=O)C=Cc1c(Cl)nc(C)n1Cc1ccc(OCC2CCCCC2)cc1Cl. The third-order valence-electron chi connectivity index (χ3n) is 5.29. The van der Waals surface area contributed by atoms with E-state index in [0.717, 1.165) is 23.7 Å². The Labute approximate surface area is 181 Å². The first-order chi connectivity index (χ1) is 14.0. The van der Waals surface area contributed by atoms with E-state index in [9.17, 15) is 4.79 Å². The Bertz CT molecular complexity index is 886. The summed E-state index contributed by atoms with van der Waals surface area (Å²) in [4.78, 5) is 15.7. The molecular weight excluding hydrogens is 411 g/mol. The van der Waals surface area contributed by atoms with Crippen LogP contribution in [-0.2, 0) is 16.1 Å². The number of imidazole rings is 1. The number of nitrogens with zero attached hydrogens (tertiary/aromatic N) is 2. The summed E-state index contributed by atoms with van der Waals surface area (Å²) in [5.41, 5.74) is 1.55. The molecule has 0 aliphatic heterocycles. The standard InChI is InChI=1S/C22H26Cl2N2O3/c1-15-25-22(24)20(10-11-21(27)28-2)26(15)13-17-8-9-18(12-19(17)23)29-14-16-6-4-3-5-7-16/h8-12,16H,3-7,13-14H2,1-2H3. The number of aryl methyl sites for hydroxylation is 1. The minimum atomic E-state index is -0.455. The zero-order valence-electron chi connectivity index (χ0n) is 16.8. The fraction of sp³-hybridized carbons (Fsp3) is 0.455. The van der Waals surface area contributed by atoms with Gasteiger partial charge in [-0.2, -0.15) is 0 Å². The maximum atomic E-state index is 11.4. The molecule has 0 amide bonds. The first kappa shape index (κ1) is 21.7. The van der Waals surface area contributed by atoms with Crippen LogP contribution in [0.5, 0.6) is 5.75 Å². The van der Waals surface area contributed by atoms with Gasteiger partial charge < -0.3 is 14.0 Å². The first-order valence-electron chi connectivity index (χ1n) is 9.87. The minimum Gasteiger partial charge on any atom is -0.493 e. The van der Waals surface area contributed by atoms with E-state index in [1.165, 1.54) is 45.3 Å². The summed E-state index contributed by atoms with van der Waals surface area (Å²) < 4.78 is 12.5. The third-order valence-corrected chi connectivity index (χ3v) is 5.92. The van der Waals surface area contributed by atoms with Crippen LogP contribution in [-0.4, -0.2) is 29.2 Å². The quantitative estimate of drug-likeness (QED) is 0.412. The molecule has 1 fully saturated rings. The number of aromatic nitrogens is 2. The molecule has 3 rings (SSSR count). The molecule has 0 bridgehead atoms. The monoisotopic (exact) mass is 436 g/mol. The number of carbonyl (C=O) groups excluding carboxylic acids is 1. The van der Waals surface area contributed by atoms with E-state index in [4.69, 9.17) is 27.9 Å². The molecule has 2 aromatic rings. The predicted octanol–water partition coefficient (Wildman–Crippen LogP) is 5.69. The molecular formula is C22H26Cl2N2O3. The summed E-state index contributed by atoms with van der Waals surface area (Å²) in [5, 5.41) is 0.949. The van der Waals surface area contributed by atoms with Gasteiger partial charge in [0.15, 0.2) is 5.15 Å². The normalized spacial score (nSPS) is 15.0. The summed E-state index contributed by atoms with van der Waals surface area (Å²) in [7, 11) is 1.33. The lowest BCUT2D eigenvalue weighted by molar-refractivity contribution is -0.134. The molecule has 0 atom stereocenters. The summed E-state index contributed by atoms with van der Waals surface area (Å²) in [6.07, 6.45) is 9.35. The highest BCUT2D eigenvalue weighted by Crippen LogP contribution is 2.28. The van der Waals surface area contributed by atoms with Crippen molar-refractivity contribution in [3.63, 3.8) is 0 Å². The Balaban J connectivity index is 1.72. The number of esters is 1. The lowest BCUT2D eigenvalue weighted by atomic mass is 9.90. The van der Waals surface area contributed by atoms with Gasteiger partial charge in [-0.05, 0) is 49.5 Å². The molecule has 5 nitrogen and oxygen atoms in total. The van der Waals surface area contributed by atoms with E-state index in [0.29, 0.717) is 28.3 Å². The second-order valence-electron chi connectivity index (χ2n) is 7.35. The summed E-state index contributed by atoms with van der Waals surface area (Å²) in [6, 6.07) is 5.76. The van der Waals surface area contributed by atoms with Crippen LogP contribution < -0.4 is 4.74 Å². The minimum absolute atomic E-state index is 0.325. The predicted molar refractivity (Wildman–Crippen MR) is 116 cm³/mol. The Morgan fingerprint density at radius 2 is 2.03 bits per heavy atom. The van der Waals surface area contributed by atoms with Crippen LogP contribution in [0, 0.1) is 12.8 Å². The lowest BCUT2D eigenvalue weighted by Crippen LogP contribution is -2.15. The Hall–Kier alpha value is -1.98. The van der Waals surface area contributed by atoms with Gasteiger partial charge in [-0.25, -0.2) is 9.78 Å². The van der Waals surface area contributed by atoms with Crippen molar-refractivity contribution in [3.8, 4) is 5.75 Å². The molecule has 1 aromatic heterocycles. The molecule has 1 heterocycles. The molecule has 0 unspecified atom stereocenters. The molecule has 1 aromatic carbocycles. The van der Waals surface area contributed by atoms with E-state index in [-0.39, 0.29) is 0 Å². The molecule has 29 heavy (non-hydrogen) atoms. The topological polar surface area (TPSA) is 53.3 Å². The van der Waals surface area contributed by atoms with Crippen molar-refractivity contribution in [2.75, 3.05) is 13.7 Å². The fourth-order valence-corrected chi connectivity index (χ4v) is 4.12. The highest BCUT2D eigenvalue weighted by atomic mass is 35.5. The zero-order chi connectivity index (χ0) is 20.8. The lowest BCUT2D eigenvalue weighted by Gasteiger charge is -2.21. The second kappa shape index (κ2) is 10.2. The largest absolute Gasteiger partial charge is 0.493 e. The van der Waals surface area contributed by atoms with Crippen LogP contribution in [0.3, 0.4) is 0 Å². The number of carbonyl (C=O) groups is 1. The fourth-order valence-electron chi connectivity index (χ4n) is 3.60. The number of halogens is 2. The van der Waals surface area contributed by atoms with Crippen molar-refractivity contribution in [2.24, 2.45) is 5.92 Å². The van der Waals surface area contributed by atoms with Gasteiger partial charge in [0.2, 0.25) is 0 Å². The number of hydrogen-bond acceptors (Lipinski definition) is 4. The summed E-state index contributed by atoms with van der Waals surface area (Å²) >= 11 is 12.8. The van der Waals surface area contributed by atoms with Crippen LogP contribution in [0.25, 0.3) is 6.08 Å². The molecule has 1 aliphatic rings. The van der Waals surface area contributed by atoms with Gasteiger partial charge in [0.25, 0.3) is 0 Å². The molecule has 0 radical (unpaired) electrons. The van der Waals surface area contributed by atoms with Crippen LogP contribution >= 0.6 is 23.2 Å². The van der Waals surface area contributed by atoms with Crippen molar-refractivity contribution in [3.05, 3.63) is 51.5 Å². The number of ether oxygens (including phenoxy) is 2. The van der Waals surface area contributed by atoms with E-state index in [1.54, 1.807) is 6.08 Å². The molecule has 7 heteroatoms. The summed E-state index contributed by atoms with van der Waals surface area (Å²) in [6.45, 7) is 3.08. The van der Waals surface area contributed by atoms with E-state index in [2.05, 4.69) is 9.72 Å². The molecule has 0 saturated heterocycles. The average Bonchev–Trinajstić information content (AvgIpc) is 2.99. The van der Waals surface area contributed by atoms with Gasteiger partial charge in [-0.3, -0.25) is 0 Å². The maximum Gasteiger partial charge on any atom is 0.330 e. The van der Waals surface area contributed by atoms with E-state index in [1.807, 2.05) is 29.7 Å². The third kappa shape index (κ3) is 5.77. The Morgan fingerprint density at radius 1 is 1.28 bits per heavy atom. The highest BCUT2D eigenvalue weighted by Gasteiger charge is 2.16. The van der Waals surface area contributed by atoms with Gasteiger partial charge >= 0.3 is 5.97 Å². The zero-order valence-corrected chi connectivity index (χ0v) is 18.3. The van der Waals surface area contributed by atoms with E-state index >= 15 is 0 Å². The molecule has 1 aliphatic carbocycles. The Kier molecular flexibility index (Phi) is 7.62. The molecule has 0 N–H and O–H groups in total. The van der Waals surface area contributed by atoms with Crippen molar-refractivity contribution in [1.82, 2.24) is 9.55 Å². The first-order valence-corrected chi connectivity index (χ1v) is 10.6. The molecule has 156 valence electrons. The van der Waals surface area contributed by atoms with Crippen LogP contribution in [0.15, 0.2) is 24.3 Å². The maximum absolute atomic E-state index is 11.4. The van der Waals surface area contributed by atoms with Gasteiger partial charge in [-0.15, -0.1) is 0 Å². The Morgan fingerprint density at radius 3 is 2.72 bits per heavy atom. The van der Waals surface area contributed by atoms with Crippen molar-refractivity contribution in [1.29, 1.82) is 0 Å². The molecule has 0 spiro atoms. The van der Waals surface area contributed by atoms with Crippen LogP contribution in [0.4, 0.5) is 0 Å². The average molecular weight is 437 g/mol. The highest BCUT2D eigenvalue weighted by molar-refractivity contribution is 6.31. The van der Waals surface area contributed by atoms with Crippen molar-refractivity contribution >= 4 is 35.2 Å². The number of rotatable bonds is 7. The summed E-state index contributed by atoms with van der Waals surface area (Å²) in [5.74, 6) is 1.70. The second-order valence-corrected chi connectivity index (χ2v) is 8.11. The number of methoxy groups -OCH3 is 1. The van der Waals surface area contributed by atoms with Gasteiger partial charge in [0, 0.05) is 11.1 Å². The van der Waals surface area contributed by atoms with Crippen LogP contribution in [0.2, 0.25) is 10.2 Å². The van der Waals surface area contributed by atoms with Crippen LogP contribution in [0.1, 0.15) is 49.2 Å². The van der Waals surface area contributed by atoms with Crippen molar-refractivity contribution in [2.45, 2.75) is 45.6 Å². The van der Waals surface area contributed by atoms with Gasteiger partial charge in [-0.1, -0.05) is 48.5 Å². The number of hydrogen-bond donors (Lipinski definition) is 0. The van der Waals surface area contributed by atoms with Gasteiger partial charge in [0.1, 0.15) is 11.6 Å².